The maximum atomic E-state index is 5.71. The van der Waals surface area contributed by atoms with Gasteiger partial charge < -0.3 is 5.73 Å². The lowest BCUT2D eigenvalue weighted by Gasteiger charge is -2.35. The molecule has 2 N–H and O–H groups in total. The molecule has 0 aliphatic carbocycles. The molecule has 0 amide bonds. The van der Waals surface area contributed by atoms with Crippen molar-refractivity contribution in [2.45, 2.75) is 51.6 Å². The molecule has 1 saturated heterocycles. The normalized spacial score (nSPS) is 20.4. The summed E-state index contributed by atoms with van der Waals surface area (Å²) in [4.78, 5) is 3.12. The zero-order chi connectivity index (χ0) is 13.7. The van der Waals surface area contributed by atoms with Crippen LogP contribution >= 0.6 is 12.2 Å². The Hall–Kier alpha value is -0.930. The van der Waals surface area contributed by atoms with Crippen molar-refractivity contribution in [2.24, 2.45) is 5.73 Å². The van der Waals surface area contributed by atoms with Crippen molar-refractivity contribution in [1.82, 2.24) is 4.90 Å². The summed E-state index contributed by atoms with van der Waals surface area (Å²) in [7, 11) is 0. The highest BCUT2D eigenvalue weighted by Crippen LogP contribution is 2.23. The van der Waals surface area contributed by atoms with E-state index < -0.39 is 0 Å². The van der Waals surface area contributed by atoms with Gasteiger partial charge in [-0.05, 0) is 37.4 Å². The molecule has 0 saturated carbocycles. The molecule has 2 nitrogen and oxygen atoms in total. The molecule has 0 spiro atoms. The molecule has 19 heavy (non-hydrogen) atoms. The van der Waals surface area contributed by atoms with E-state index in [9.17, 15) is 0 Å². The van der Waals surface area contributed by atoms with Crippen LogP contribution in [0.2, 0.25) is 0 Å². The first-order valence-corrected chi connectivity index (χ1v) is 7.74. The van der Waals surface area contributed by atoms with Gasteiger partial charge in [-0.15, -0.1) is 0 Å². The molecule has 0 radical (unpaired) electrons. The fraction of sp³-hybridized carbons (Fsp3) is 0.562. The van der Waals surface area contributed by atoms with Gasteiger partial charge in [0.2, 0.25) is 0 Å². The lowest BCUT2D eigenvalue weighted by Crippen LogP contribution is -2.38. The number of likely N-dealkylation sites (tertiary alicyclic amines) is 1. The third-order valence-corrected chi connectivity index (χ3v) is 4.20. The quantitative estimate of drug-likeness (QED) is 0.835. The first-order chi connectivity index (χ1) is 9.20. The number of piperidine rings is 1. The van der Waals surface area contributed by atoms with E-state index in [0.29, 0.717) is 4.99 Å². The van der Waals surface area contributed by atoms with E-state index in [-0.39, 0.29) is 0 Å². The van der Waals surface area contributed by atoms with Crippen LogP contribution in [0, 0.1) is 0 Å². The minimum atomic E-state index is 0.491. The van der Waals surface area contributed by atoms with Crippen LogP contribution in [0.15, 0.2) is 24.3 Å². The van der Waals surface area contributed by atoms with Gasteiger partial charge in [0, 0.05) is 18.2 Å². The number of nitrogens with two attached hydrogens (primary N) is 1. The van der Waals surface area contributed by atoms with Gasteiger partial charge in [0.25, 0.3) is 0 Å². The van der Waals surface area contributed by atoms with Crippen LogP contribution in [-0.2, 0) is 6.54 Å². The highest BCUT2D eigenvalue weighted by Gasteiger charge is 2.21. The number of benzene rings is 1. The second-order valence-corrected chi connectivity index (χ2v) is 5.91. The molecule has 1 aromatic rings. The fourth-order valence-electron chi connectivity index (χ4n) is 2.99. The van der Waals surface area contributed by atoms with Crippen LogP contribution < -0.4 is 5.73 Å². The Morgan fingerprint density at radius 1 is 1.42 bits per heavy atom. The first kappa shape index (κ1) is 14.5. The maximum absolute atomic E-state index is 5.71. The number of rotatable bonds is 5. The summed E-state index contributed by atoms with van der Waals surface area (Å²) in [5.74, 6) is 0. The van der Waals surface area contributed by atoms with E-state index in [2.05, 4.69) is 30.0 Å². The lowest BCUT2D eigenvalue weighted by atomic mass is 9.97. The smallest absolute Gasteiger partial charge is 0.103 e. The zero-order valence-electron chi connectivity index (χ0n) is 11.8. The van der Waals surface area contributed by atoms with Crippen LogP contribution in [0.1, 0.15) is 50.2 Å². The molecule has 1 fully saturated rings. The Morgan fingerprint density at radius 3 is 3.00 bits per heavy atom. The van der Waals surface area contributed by atoms with Crippen LogP contribution in [0.4, 0.5) is 0 Å². The summed E-state index contributed by atoms with van der Waals surface area (Å²) in [6.45, 7) is 4.53. The third kappa shape index (κ3) is 4.02. The SMILES string of the molecule is CCCC1CCCCN1Cc1cccc(C(N)=S)c1. The summed E-state index contributed by atoms with van der Waals surface area (Å²) in [6, 6.07) is 9.13. The average Bonchev–Trinajstić information content (AvgIpc) is 2.41. The average molecular weight is 276 g/mol. The second kappa shape index (κ2) is 7.01. The van der Waals surface area contributed by atoms with Gasteiger partial charge in [-0.1, -0.05) is 50.2 Å². The largest absolute Gasteiger partial charge is 0.389 e. The Labute approximate surface area is 122 Å². The van der Waals surface area contributed by atoms with Gasteiger partial charge in [0.05, 0.1) is 0 Å². The molecule has 2 rings (SSSR count). The van der Waals surface area contributed by atoms with E-state index in [0.717, 1.165) is 18.2 Å². The Bertz CT molecular complexity index is 429. The Morgan fingerprint density at radius 2 is 2.26 bits per heavy atom. The second-order valence-electron chi connectivity index (χ2n) is 5.47. The minimum absolute atomic E-state index is 0.491. The lowest BCUT2D eigenvalue weighted by molar-refractivity contribution is 0.131. The third-order valence-electron chi connectivity index (χ3n) is 3.97. The zero-order valence-corrected chi connectivity index (χ0v) is 12.6. The molecule has 1 atom stereocenters. The van der Waals surface area contributed by atoms with Crippen molar-refractivity contribution in [3.63, 3.8) is 0 Å². The molecule has 0 aromatic heterocycles. The van der Waals surface area contributed by atoms with E-state index in [1.165, 1.54) is 44.2 Å². The first-order valence-electron chi connectivity index (χ1n) is 7.33. The fourth-order valence-corrected chi connectivity index (χ4v) is 3.11. The van der Waals surface area contributed by atoms with Crippen LogP contribution in [-0.4, -0.2) is 22.5 Å². The van der Waals surface area contributed by atoms with Gasteiger partial charge in [0.1, 0.15) is 4.99 Å². The van der Waals surface area contributed by atoms with E-state index in [4.69, 9.17) is 18.0 Å². The Balaban J connectivity index is 2.06. The van der Waals surface area contributed by atoms with Crippen molar-refractivity contribution in [3.05, 3.63) is 35.4 Å². The number of hydrogen-bond donors (Lipinski definition) is 1. The van der Waals surface area contributed by atoms with Crippen molar-refractivity contribution >= 4 is 17.2 Å². The standard InChI is InChI=1S/C16H24N2S/c1-2-6-15-9-3-4-10-18(15)12-13-7-5-8-14(11-13)16(17)19/h5,7-8,11,15H,2-4,6,9-10,12H2,1H3,(H2,17,19). The van der Waals surface area contributed by atoms with Crippen molar-refractivity contribution in [1.29, 1.82) is 0 Å². The topological polar surface area (TPSA) is 29.3 Å². The molecule has 1 aromatic carbocycles. The highest BCUT2D eigenvalue weighted by molar-refractivity contribution is 7.80. The van der Waals surface area contributed by atoms with Crippen LogP contribution in [0.25, 0.3) is 0 Å². The van der Waals surface area contributed by atoms with Crippen molar-refractivity contribution < 1.29 is 0 Å². The molecule has 1 aliphatic heterocycles. The summed E-state index contributed by atoms with van der Waals surface area (Å²) in [6.07, 6.45) is 6.65. The minimum Gasteiger partial charge on any atom is -0.389 e. The van der Waals surface area contributed by atoms with Crippen molar-refractivity contribution in [2.75, 3.05) is 6.54 Å². The van der Waals surface area contributed by atoms with Gasteiger partial charge >= 0.3 is 0 Å². The van der Waals surface area contributed by atoms with Crippen LogP contribution in [0.5, 0.6) is 0 Å². The van der Waals surface area contributed by atoms with Gasteiger partial charge in [0.15, 0.2) is 0 Å². The van der Waals surface area contributed by atoms with E-state index in [1.807, 2.05) is 6.07 Å². The summed E-state index contributed by atoms with van der Waals surface area (Å²) >= 11 is 5.06. The maximum Gasteiger partial charge on any atom is 0.103 e. The molecule has 1 aliphatic rings. The van der Waals surface area contributed by atoms with Gasteiger partial charge in [-0.3, -0.25) is 4.90 Å². The van der Waals surface area contributed by atoms with Gasteiger partial charge in [-0.2, -0.15) is 0 Å². The molecule has 0 bridgehead atoms. The molecule has 1 heterocycles. The predicted octanol–water partition coefficient (Wildman–Crippen LogP) is 3.48. The summed E-state index contributed by atoms with van der Waals surface area (Å²) in [5.41, 5.74) is 8.02. The summed E-state index contributed by atoms with van der Waals surface area (Å²) < 4.78 is 0. The monoisotopic (exact) mass is 276 g/mol. The highest BCUT2D eigenvalue weighted by atomic mass is 32.1. The van der Waals surface area contributed by atoms with Gasteiger partial charge in [-0.25, -0.2) is 0 Å². The number of thiocarbonyl (C=S) groups is 1. The molecular formula is C16H24N2S. The van der Waals surface area contributed by atoms with Crippen molar-refractivity contribution in [3.8, 4) is 0 Å². The van der Waals surface area contributed by atoms with E-state index in [1.54, 1.807) is 0 Å². The summed E-state index contributed by atoms with van der Waals surface area (Å²) in [5, 5.41) is 0. The van der Waals surface area contributed by atoms with E-state index >= 15 is 0 Å². The van der Waals surface area contributed by atoms with Crippen LogP contribution in [0.3, 0.4) is 0 Å². The molecule has 3 heteroatoms. The number of nitrogens with zero attached hydrogens (tertiary/aromatic N) is 1. The molecular weight excluding hydrogens is 252 g/mol. The number of hydrogen-bond acceptors (Lipinski definition) is 2. The predicted molar refractivity (Wildman–Crippen MR) is 85.3 cm³/mol. The molecule has 1 unspecified atom stereocenters. The Kier molecular flexibility index (Phi) is 5.34. The molecule has 104 valence electrons.